The number of piperazine rings is 1. The van der Waals surface area contributed by atoms with Gasteiger partial charge in [0.2, 0.25) is 20.0 Å². The third-order valence-electron chi connectivity index (χ3n) is 3.78. The Labute approximate surface area is 126 Å². The van der Waals surface area contributed by atoms with Crippen molar-refractivity contribution in [1.29, 1.82) is 0 Å². The topological polar surface area (TPSA) is 74.8 Å². The van der Waals surface area contributed by atoms with Crippen molar-refractivity contribution in [1.82, 2.24) is 8.61 Å². The van der Waals surface area contributed by atoms with Gasteiger partial charge in [0.1, 0.15) is 0 Å². The van der Waals surface area contributed by atoms with E-state index in [9.17, 15) is 16.8 Å². The summed E-state index contributed by atoms with van der Waals surface area (Å²) in [6, 6.07) is 5.04. The van der Waals surface area contributed by atoms with Crippen molar-refractivity contribution in [3.05, 3.63) is 29.3 Å². The molecule has 2 rings (SSSR count). The molecule has 1 aromatic rings. The lowest BCUT2D eigenvalue weighted by Crippen LogP contribution is -2.50. The van der Waals surface area contributed by atoms with Crippen LogP contribution in [-0.2, 0) is 20.0 Å². The highest BCUT2D eigenvalue weighted by Crippen LogP contribution is 2.20. The monoisotopic (exact) mass is 332 g/mol. The lowest BCUT2D eigenvalue weighted by molar-refractivity contribution is 0.274. The molecule has 118 valence electrons. The molecule has 1 heterocycles. The molecule has 0 spiro atoms. The van der Waals surface area contributed by atoms with Crippen LogP contribution in [-0.4, -0.2) is 57.9 Å². The van der Waals surface area contributed by atoms with Gasteiger partial charge in [-0.3, -0.25) is 0 Å². The van der Waals surface area contributed by atoms with Gasteiger partial charge in [0.25, 0.3) is 0 Å². The molecule has 0 unspecified atom stereocenters. The zero-order chi connectivity index (χ0) is 15.8. The van der Waals surface area contributed by atoms with E-state index in [1.165, 1.54) is 8.61 Å². The van der Waals surface area contributed by atoms with E-state index in [2.05, 4.69) is 0 Å². The highest BCUT2D eigenvalue weighted by Gasteiger charge is 2.31. The number of sulfonamides is 2. The molecule has 0 atom stereocenters. The van der Waals surface area contributed by atoms with Crippen LogP contribution >= 0.6 is 0 Å². The van der Waals surface area contributed by atoms with Crippen molar-refractivity contribution in [3.8, 4) is 0 Å². The highest BCUT2D eigenvalue weighted by atomic mass is 32.2. The minimum Gasteiger partial charge on any atom is -0.213 e. The van der Waals surface area contributed by atoms with Gasteiger partial charge in [-0.1, -0.05) is 6.07 Å². The molecular formula is C13H20N2O4S2. The van der Waals surface area contributed by atoms with Crippen LogP contribution in [0.4, 0.5) is 0 Å². The maximum atomic E-state index is 12.6. The Morgan fingerprint density at radius 2 is 1.38 bits per heavy atom. The summed E-state index contributed by atoms with van der Waals surface area (Å²) in [6.45, 7) is 4.56. The second-order valence-electron chi connectivity index (χ2n) is 5.31. The first-order chi connectivity index (χ1) is 9.62. The van der Waals surface area contributed by atoms with E-state index >= 15 is 0 Å². The van der Waals surface area contributed by atoms with Gasteiger partial charge in [-0.2, -0.15) is 8.61 Å². The van der Waals surface area contributed by atoms with E-state index in [1.807, 2.05) is 13.8 Å². The van der Waals surface area contributed by atoms with E-state index < -0.39 is 20.0 Å². The second kappa shape index (κ2) is 5.68. The predicted octanol–water partition coefficient (Wildman–Crippen LogP) is 0.569. The Kier molecular flexibility index (Phi) is 4.44. The Hall–Kier alpha value is -0.960. The largest absolute Gasteiger partial charge is 0.243 e. The van der Waals surface area contributed by atoms with Gasteiger partial charge in [0, 0.05) is 26.2 Å². The fraction of sp³-hybridized carbons (Fsp3) is 0.538. The molecule has 1 aliphatic rings. The van der Waals surface area contributed by atoms with Gasteiger partial charge in [0.15, 0.2) is 0 Å². The number of rotatable bonds is 3. The third-order valence-corrected chi connectivity index (χ3v) is 6.98. The van der Waals surface area contributed by atoms with Crippen LogP contribution in [0.1, 0.15) is 11.1 Å². The van der Waals surface area contributed by atoms with Gasteiger partial charge in [-0.05, 0) is 37.1 Å². The van der Waals surface area contributed by atoms with Crippen LogP contribution in [0.2, 0.25) is 0 Å². The quantitative estimate of drug-likeness (QED) is 0.811. The number of nitrogens with zero attached hydrogens (tertiary/aromatic N) is 2. The van der Waals surface area contributed by atoms with Crippen LogP contribution < -0.4 is 0 Å². The fourth-order valence-electron chi connectivity index (χ4n) is 2.27. The molecule has 8 heteroatoms. The van der Waals surface area contributed by atoms with Crippen molar-refractivity contribution in [3.63, 3.8) is 0 Å². The normalized spacial score (nSPS) is 18.8. The number of hydrogen-bond donors (Lipinski definition) is 0. The van der Waals surface area contributed by atoms with E-state index in [0.29, 0.717) is 0 Å². The Balaban J connectivity index is 2.20. The zero-order valence-corrected chi connectivity index (χ0v) is 14.0. The Morgan fingerprint density at radius 3 is 1.86 bits per heavy atom. The molecular weight excluding hydrogens is 312 g/mol. The summed E-state index contributed by atoms with van der Waals surface area (Å²) >= 11 is 0. The lowest BCUT2D eigenvalue weighted by atomic mass is 10.1. The van der Waals surface area contributed by atoms with E-state index in [1.54, 1.807) is 18.2 Å². The summed E-state index contributed by atoms with van der Waals surface area (Å²) in [4.78, 5) is 0.262. The first-order valence-corrected chi connectivity index (χ1v) is 9.94. The summed E-state index contributed by atoms with van der Waals surface area (Å²) in [6.07, 6.45) is 1.14. The van der Waals surface area contributed by atoms with Crippen molar-refractivity contribution >= 4 is 20.0 Å². The molecule has 1 saturated heterocycles. The molecule has 0 aromatic heterocycles. The maximum Gasteiger partial charge on any atom is 0.243 e. The number of hydrogen-bond acceptors (Lipinski definition) is 4. The molecule has 0 aliphatic carbocycles. The number of benzene rings is 1. The Morgan fingerprint density at radius 1 is 0.857 bits per heavy atom. The van der Waals surface area contributed by atoms with Gasteiger partial charge >= 0.3 is 0 Å². The maximum absolute atomic E-state index is 12.6. The zero-order valence-electron chi connectivity index (χ0n) is 12.4. The van der Waals surface area contributed by atoms with Crippen LogP contribution in [0.15, 0.2) is 23.1 Å². The van der Waals surface area contributed by atoms with Crippen LogP contribution in [0.3, 0.4) is 0 Å². The molecule has 6 nitrogen and oxygen atoms in total. The van der Waals surface area contributed by atoms with Crippen LogP contribution in [0.5, 0.6) is 0 Å². The lowest BCUT2D eigenvalue weighted by Gasteiger charge is -2.32. The minimum atomic E-state index is -3.56. The summed E-state index contributed by atoms with van der Waals surface area (Å²) in [5.74, 6) is 0. The first kappa shape index (κ1) is 16.4. The smallest absolute Gasteiger partial charge is 0.213 e. The van der Waals surface area contributed by atoms with Crippen molar-refractivity contribution in [2.75, 3.05) is 32.4 Å². The van der Waals surface area contributed by atoms with Crippen LogP contribution in [0, 0.1) is 13.8 Å². The number of aryl methyl sites for hydroxylation is 2. The molecule has 0 amide bonds. The van der Waals surface area contributed by atoms with Crippen LogP contribution in [0.25, 0.3) is 0 Å². The molecule has 0 N–H and O–H groups in total. The first-order valence-electron chi connectivity index (χ1n) is 6.65. The summed E-state index contributed by atoms with van der Waals surface area (Å²) in [7, 11) is -6.82. The highest BCUT2D eigenvalue weighted by molar-refractivity contribution is 7.89. The fourth-order valence-corrected chi connectivity index (χ4v) is 4.60. The van der Waals surface area contributed by atoms with E-state index in [4.69, 9.17) is 0 Å². The molecule has 1 fully saturated rings. The molecule has 0 saturated carbocycles. The van der Waals surface area contributed by atoms with Crippen molar-refractivity contribution < 1.29 is 16.8 Å². The third kappa shape index (κ3) is 3.45. The van der Waals surface area contributed by atoms with Gasteiger partial charge in [-0.15, -0.1) is 0 Å². The molecule has 1 aliphatic heterocycles. The average Bonchev–Trinajstić information content (AvgIpc) is 2.41. The second-order valence-corrected chi connectivity index (χ2v) is 9.23. The summed E-state index contributed by atoms with van der Waals surface area (Å²) in [5, 5.41) is 0. The van der Waals surface area contributed by atoms with Crippen molar-refractivity contribution in [2.45, 2.75) is 18.7 Å². The standard InChI is InChI=1S/C13H20N2O4S2/c1-11-4-5-13(10-12(11)2)21(18,19)15-8-6-14(7-9-15)20(3,16)17/h4-5,10H,6-9H2,1-3H3. The minimum absolute atomic E-state index is 0.183. The molecule has 1 aromatic carbocycles. The molecule has 0 radical (unpaired) electrons. The van der Waals surface area contributed by atoms with Gasteiger partial charge in [-0.25, -0.2) is 16.8 Å². The summed E-state index contributed by atoms with van der Waals surface area (Å²) < 4.78 is 50.7. The average molecular weight is 332 g/mol. The van der Waals surface area contributed by atoms with E-state index in [-0.39, 0.29) is 31.1 Å². The van der Waals surface area contributed by atoms with E-state index in [0.717, 1.165) is 17.4 Å². The van der Waals surface area contributed by atoms with Gasteiger partial charge < -0.3 is 0 Å². The SMILES string of the molecule is Cc1ccc(S(=O)(=O)N2CCN(S(C)(=O)=O)CC2)cc1C. The Bertz CT molecular complexity index is 733. The van der Waals surface area contributed by atoms with Crippen molar-refractivity contribution in [2.24, 2.45) is 0 Å². The summed E-state index contributed by atoms with van der Waals surface area (Å²) in [5.41, 5.74) is 1.96. The molecule has 21 heavy (non-hydrogen) atoms. The predicted molar refractivity (Wildman–Crippen MR) is 81.1 cm³/mol. The molecule has 0 bridgehead atoms. The van der Waals surface area contributed by atoms with Gasteiger partial charge in [0.05, 0.1) is 11.2 Å².